The molecule has 0 aliphatic rings. The zero-order valence-corrected chi connectivity index (χ0v) is 13.2. The van der Waals surface area contributed by atoms with E-state index in [9.17, 15) is 9.59 Å². The number of rotatable bonds is 4. The Balaban J connectivity index is 2.64. The third-order valence-corrected chi connectivity index (χ3v) is 3.67. The molecular formula is C18H20N2O2. The molecule has 0 bridgehead atoms. The van der Waals surface area contributed by atoms with Crippen molar-refractivity contribution in [3.8, 4) is 12.3 Å². The van der Waals surface area contributed by atoms with Crippen LogP contribution < -0.4 is 11.2 Å². The maximum absolute atomic E-state index is 12.1. The molecule has 1 heterocycles. The van der Waals surface area contributed by atoms with Crippen LogP contribution in [0.25, 0.3) is 0 Å². The van der Waals surface area contributed by atoms with Crippen molar-refractivity contribution in [1.82, 2.24) is 9.55 Å². The third kappa shape index (κ3) is 3.20. The first-order valence-corrected chi connectivity index (χ1v) is 7.31. The lowest BCUT2D eigenvalue weighted by atomic mass is 10.0. The second kappa shape index (κ2) is 6.48. The van der Waals surface area contributed by atoms with Crippen molar-refractivity contribution >= 4 is 0 Å². The van der Waals surface area contributed by atoms with Crippen LogP contribution in [0.15, 0.2) is 27.8 Å². The number of hydrogen-bond acceptors (Lipinski definition) is 2. The summed E-state index contributed by atoms with van der Waals surface area (Å²) in [6, 6.07) is 6.23. The molecule has 0 amide bonds. The van der Waals surface area contributed by atoms with Crippen LogP contribution in [0, 0.1) is 26.2 Å². The van der Waals surface area contributed by atoms with Gasteiger partial charge < -0.3 is 0 Å². The van der Waals surface area contributed by atoms with Crippen molar-refractivity contribution in [2.45, 2.75) is 40.2 Å². The van der Waals surface area contributed by atoms with Crippen molar-refractivity contribution in [3.05, 3.63) is 67.0 Å². The number of benzene rings is 1. The molecule has 114 valence electrons. The van der Waals surface area contributed by atoms with E-state index in [-0.39, 0.29) is 12.1 Å². The van der Waals surface area contributed by atoms with Crippen molar-refractivity contribution in [2.75, 3.05) is 0 Å². The minimum absolute atomic E-state index is 0.156. The zero-order chi connectivity index (χ0) is 16.3. The van der Waals surface area contributed by atoms with Gasteiger partial charge >= 0.3 is 5.69 Å². The van der Waals surface area contributed by atoms with Gasteiger partial charge in [0.05, 0.1) is 6.54 Å². The van der Waals surface area contributed by atoms with Crippen molar-refractivity contribution in [1.29, 1.82) is 0 Å². The molecule has 0 saturated heterocycles. The van der Waals surface area contributed by atoms with Crippen LogP contribution in [-0.4, -0.2) is 9.55 Å². The molecule has 1 N–H and O–H groups in total. The Kier molecular flexibility index (Phi) is 4.67. The molecule has 0 radical (unpaired) electrons. The molecule has 22 heavy (non-hydrogen) atoms. The van der Waals surface area contributed by atoms with Gasteiger partial charge in [-0.1, -0.05) is 42.2 Å². The van der Waals surface area contributed by atoms with Crippen LogP contribution in [-0.2, 0) is 19.4 Å². The van der Waals surface area contributed by atoms with Gasteiger partial charge in [-0.25, -0.2) is 4.79 Å². The van der Waals surface area contributed by atoms with E-state index in [1.54, 1.807) is 0 Å². The smallest absolute Gasteiger partial charge is 0.285 e. The Hall–Kier alpha value is -2.54. The largest absolute Gasteiger partial charge is 0.329 e. The second-order valence-corrected chi connectivity index (χ2v) is 5.50. The van der Waals surface area contributed by atoms with Gasteiger partial charge in [0, 0.05) is 17.7 Å². The molecule has 2 rings (SSSR count). The van der Waals surface area contributed by atoms with Gasteiger partial charge in [-0.15, -0.1) is 6.42 Å². The Morgan fingerprint density at radius 1 is 1.18 bits per heavy atom. The molecule has 0 saturated carbocycles. The van der Waals surface area contributed by atoms with Gasteiger partial charge in [-0.05, 0) is 25.8 Å². The summed E-state index contributed by atoms with van der Waals surface area (Å²) in [7, 11) is 0. The summed E-state index contributed by atoms with van der Waals surface area (Å²) >= 11 is 0. The molecule has 4 heteroatoms. The molecular weight excluding hydrogens is 276 g/mol. The minimum Gasteiger partial charge on any atom is -0.285 e. The molecule has 1 aromatic carbocycles. The van der Waals surface area contributed by atoms with Crippen LogP contribution in [0.2, 0.25) is 0 Å². The summed E-state index contributed by atoms with van der Waals surface area (Å²) in [5.41, 5.74) is 3.95. The highest BCUT2D eigenvalue weighted by Crippen LogP contribution is 2.15. The molecule has 1 aromatic heterocycles. The van der Waals surface area contributed by atoms with Crippen LogP contribution >= 0.6 is 0 Å². The van der Waals surface area contributed by atoms with Crippen molar-refractivity contribution < 1.29 is 0 Å². The summed E-state index contributed by atoms with van der Waals surface area (Å²) < 4.78 is 1.48. The fraction of sp³-hybridized carbons (Fsp3) is 0.333. The maximum Gasteiger partial charge on any atom is 0.329 e. The molecule has 2 aromatic rings. The molecule has 0 aliphatic heterocycles. The van der Waals surface area contributed by atoms with Crippen LogP contribution in [0.4, 0.5) is 0 Å². The number of terminal acetylenes is 1. The first kappa shape index (κ1) is 15.8. The number of aryl methyl sites for hydroxylation is 2. The zero-order valence-electron chi connectivity index (χ0n) is 13.2. The summed E-state index contributed by atoms with van der Waals surface area (Å²) in [6.45, 7) is 6.12. The predicted molar refractivity (Wildman–Crippen MR) is 88.3 cm³/mol. The van der Waals surface area contributed by atoms with Gasteiger partial charge in [0.25, 0.3) is 5.56 Å². The third-order valence-electron chi connectivity index (χ3n) is 3.67. The molecule has 4 nitrogen and oxygen atoms in total. The summed E-state index contributed by atoms with van der Waals surface area (Å²) in [5.74, 6) is 2.49. The predicted octanol–water partition coefficient (Wildman–Crippen LogP) is 1.94. The number of H-pyrrole nitrogens is 1. The average molecular weight is 296 g/mol. The molecule has 0 fully saturated rings. The fourth-order valence-corrected chi connectivity index (χ4v) is 2.85. The minimum atomic E-state index is -0.445. The van der Waals surface area contributed by atoms with Gasteiger partial charge in [0.15, 0.2) is 0 Å². The molecule has 0 aliphatic carbocycles. The van der Waals surface area contributed by atoms with E-state index in [0.29, 0.717) is 24.1 Å². The van der Waals surface area contributed by atoms with E-state index in [0.717, 1.165) is 16.7 Å². The standard InChI is InChI=1S/C18H20N2O2/c1-5-7-20-16(15(6-2)17(21)19-18(20)22)11-14-9-12(3)8-13(4)10-14/h1,8-10H,6-7,11H2,2-4H3,(H,19,21,22). The number of nitrogens with one attached hydrogen (secondary N) is 1. The van der Waals surface area contributed by atoms with Crippen LogP contribution in [0.5, 0.6) is 0 Å². The summed E-state index contributed by atoms with van der Waals surface area (Å²) in [4.78, 5) is 26.5. The Morgan fingerprint density at radius 2 is 1.82 bits per heavy atom. The normalized spacial score (nSPS) is 10.5. The van der Waals surface area contributed by atoms with Crippen molar-refractivity contribution in [2.24, 2.45) is 0 Å². The highest BCUT2D eigenvalue weighted by molar-refractivity contribution is 5.33. The number of aromatic nitrogens is 2. The first-order valence-electron chi connectivity index (χ1n) is 7.31. The van der Waals surface area contributed by atoms with Gasteiger partial charge in [-0.3, -0.25) is 14.3 Å². The Bertz CT molecular complexity index is 831. The van der Waals surface area contributed by atoms with E-state index < -0.39 is 5.69 Å². The Labute approximate surface area is 129 Å². The lowest BCUT2D eigenvalue weighted by Crippen LogP contribution is -2.35. The van der Waals surface area contributed by atoms with Crippen LogP contribution in [0.3, 0.4) is 0 Å². The molecule has 0 atom stereocenters. The number of nitrogens with zero attached hydrogens (tertiary/aromatic N) is 1. The monoisotopic (exact) mass is 296 g/mol. The maximum atomic E-state index is 12.1. The lowest BCUT2D eigenvalue weighted by molar-refractivity contribution is 0.686. The molecule has 0 unspecified atom stereocenters. The van der Waals surface area contributed by atoms with Gasteiger partial charge in [-0.2, -0.15) is 0 Å². The van der Waals surface area contributed by atoms with E-state index >= 15 is 0 Å². The second-order valence-electron chi connectivity index (χ2n) is 5.50. The van der Waals surface area contributed by atoms with E-state index in [1.807, 2.05) is 20.8 Å². The highest BCUT2D eigenvalue weighted by Gasteiger charge is 2.14. The number of hydrogen-bond donors (Lipinski definition) is 1. The van der Waals surface area contributed by atoms with Crippen LogP contribution in [0.1, 0.15) is 34.9 Å². The van der Waals surface area contributed by atoms with E-state index in [2.05, 4.69) is 29.1 Å². The lowest BCUT2D eigenvalue weighted by Gasteiger charge is -2.14. The quantitative estimate of drug-likeness (QED) is 0.877. The summed E-state index contributed by atoms with van der Waals surface area (Å²) in [6.07, 6.45) is 6.44. The molecule has 0 spiro atoms. The average Bonchev–Trinajstić information content (AvgIpc) is 2.42. The van der Waals surface area contributed by atoms with E-state index in [1.165, 1.54) is 4.57 Å². The van der Waals surface area contributed by atoms with Gasteiger partial charge in [0.2, 0.25) is 0 Å². The fourth-order valence-electron chi connectivity index (χ4n) is 2.85. The van der Waals surface area contributed by atoms with Crippen molar-refractivity contribution in [3.63, 3.8) is 0 Å². The number of aromatic amines is 1. The Morgan fingerprint density at radius 3 is 2.36 bits per heavy atom. The highest BCUT2D eigenvalue weighted by atomic mass is 16.2. The topological polar surface area (TPSA) is 54.9 Å². The van der Waals surface area contributed by atoms with Gasteiger partial charge in [0.1, 0.15) is 0 Å². The SMILES string of the molecule is C#CCn1c(Cc2cc(C)cc(C)c2)c(CC)c(=O)[nH]c1=O. The summed E-state index contributed by atoms with van der Waals surface area (Å²) in [5, 5.41) is 0. The van der Waals surface area contributed by atoms with E-state index in [4.69, 9.17) is 6.42 Å². The first-order chi connectivity index (χ1) is 10.5.